The molecule has 2 aromatic heterocycles. The van der Waals surface area contributed by atoms with Gasteiger partial charge in [-0.3, -0.25) is 4.98 Å². The molecule has 3 heterocycles. The van der Waals surface area contributed by atoms with Crippen LogP contribution in [0.25, 0.3) is 11.0 Å². The van der Waals surface area contributed by atoms with E-state index in [2.05, 4.69) is 14.9 Å². The zero-order valence-electron chi connectivity index (χ0n) is 9.98. The topological polar surface area (TPSA) is 68.8 Å². The van der Waals surface area contributed by atoms with Crippen LogP contribution >= 0.6 is 0 Å². The van der Waals surface area contributed by atoms with Crippen LogP contribution in [-0.2, 0) is 13.6 Å². The number of aromatic nitrogens is 3. The second kappa shape index (κ2) is 4.09. The van der Waals surface area contributed by atoms with Crippen molar-refractivity contribution in [2.45, 2.75) is 18.9 Å². The lowest BCUT2D eigenvalue weighted by atomic mass is 10.0. The summed E-state index contributed by atoms with van der Waals surface area (Å²) in [7, 11) is 2.02. The average Bonchev–Trinajstić information content (AvgIpc) is 2.98. The Balaban J connectivity index is 2.21. The van der Waals surface area contributed by atoms with Crippen LogP contribution in [0.3, 0.4) is 0 Å². The van der Waals surface area contributed by atoms with Gasteiger partial charge in [-0.25, -0.2) is 4.98 Å². The predicted molar refractivity (Wildman–Crippen MR) is 66.6 cm³/mol. The van der Waals surface area contributed by atoms with E-state index in [0.29, 0.717) is 12.5 Å². The van der Waals surface area contributed by atoms with Gasteiger partial charge in [0.15, 0.2) is 0 Å². The number of rotatable bonds is 2. The van der Waals surface area contributed by atoms with Crippen LogP contribution in [-0.4, -0.2) is 27.6 Å². The second-order valence-corrected chi connectivity index (χ2v) is 4.62. The van der Waals surface area contributed by atoms with E-state index in [-0.39, 0.29) is 0 Å². The van der Waals surface area contributed by atoms with Crippen LogP contribution in [0.1, 0.15) is 23.7 Å². The first-order chi connectivity index (χ1) is 8.29. The van der Waals surface area contributed by atoms with E-state index < -0.39 is 0 Å². The zero-order valence-corrected chi connectivity index (χ0v) is 9.98. The van der Waals surface area contributed by atoms with Crippen LogP contribution in [0.4, 0.5) is 0 Å². The Hall–Kier alpha value is -1.46. The monoisotopic (exact) mass is 231 g/mol. The SMILES string of the molecule is Cn1cnc2cc(CN)nc(C3CCNC3)c21. The minimum Gasteiger partial charge on any atom is -0.332 e. The highest BCUT2D eigenvalue weighted by Crippen LogP contribution is 2.27. The fraction of sp³-hybridized carbons (Fsp3) is 0.500. The lowest BCUT2D eigenvalue weighted by molar-refractivity contribution is 0.727. The molecule has 0 bridgehead atoms. The molecule has 0 spiro atoms. The maximum Gasteiger partial charge on any atom is 0.0956 e. The molecule has 0 aliphatic carbocycles. The number of hydrogen-bond donors (Lipinski definition) is 2. The highest BCUT2D eigenvalue weighted by molar-refractivity contribution is 5.78. The molecule has 1 aliphatic heterocycles. The summed E-state index contributed by atoms with van der Waals surface area (Å²) in [5.74, 6) is 0.486. The van der Waals surface area contributed by atoms with E-state index in [1.807, 2.05) is 19.4 Å². The van der Waals surface area contributed by atoms with E-state index in [9.17, 15) is 0 Å². The first-order valence-electron chi connectivity index (χ1n) is 6.01. The minimum absolute atomic E-state index is 0.472. The van der Waals surface area contributed by atoms with Crippen molar-refractivity contribution in [1.29, 1.82) is 0 Å². The molecule has 2 aromatic rings. The highest BCUT2D eigenvalue weighted by Gasteiger charge is 2.22. The molecule has 3 rings (SSSR count). The Bertz CT molecular complexity index is 539. The smallest absolute Gasteiger partial charge is 0.0956 e. The Kier molecular flexibility index (Phi) is 2.57. The molecule has 0 radical (unpaired) electrons. The average molecular weight is 231 g/mol. The van der Waals surface area contributed by atoms with Crippen molar-refractivity contribution in [3.63, 3.8) is 0 Å². The van der Waals surface area contributed by atoms with Gasteiger partial charge in [0.2, 0.25) is 0 Å². The van der Waals surface area contributed by atoms with Gasteiger partial charge in [-0.1, -0.05) is 0 Å². The van der Waals surface area contributed by atoms with Gasteiger partial charge in [-0.2, -0.15) is 0 Å². The lowest BCUT2D eigenvalue weighted by Gasteiger charge is -2.12. The molecular formula is C12H17N5. The minimum atomic E-state index is 0.472. The van der Waals surface area contributed by atoms with Crippen molar-refractivity contribution in [2.24, 2.45) is 12.8 Å². The summed E-state index contributed by atoms with van der Waals surface area (Å²) >= 11 is 0. The molecule has 0 saturated carbocycles. The van der Waals surface area contributed by atoms with Gasteiger partial charge in [0.25, 0.3) is 0 Å². The van der Waals surface area contributed by atoms with Crippen LogP contribution < -0.4 is 11.1 Å². The molecule has 3 N–H and O–H groups in total. The van der Waals surface area contributed by atoms with E-state index >= 15 is 0 Å². The van der Waals surface area contributed by atoms with Crippen molar-refractivity contribution in [3.8, 4) is 0 Å². The summed E-state index contributed by atoms with van der Waals surface area (Å²) in [4.78, 5) is 9.11. The normalized spacial score (nSPS) is 20.2. The van der Waals surface area contributed by atoms with Crippen molar-refractivity contribution in [3.05, 3.63) is 23.8 Å². The molecule has 5 heteroatoms. The molecule has 1 fully saturated rings. The lowest BCUT2D eigenvalue weighted by Crippen LogP contribution is -2.12. The van der Waals surface area contributed by atoms with Crippen LogP contribution in [0, 0.1) is 0 Å². The van der Waals surface area contributed by atoms with E-state index in [1.165, 1.54) is 0 Å². The summed E-state index contributed by atoms with van der Waals surface area (Å²) in [6.45, 7) is 2.54. The van der Waals surface area contributed by atoms with Crippen LogP contribution in [0.2, 0.25) is 0 Å². The Labute approximate surface area is 100 Å². The quantitative estimate of drug-likeness (QED) is 0.790. The van der Waals surface area contributed by atoms with Gasteiger partial charge in [-0.15, -0.1) is 0 Å². The third-order valence-corrected chi connectivity index (χ3v) is 3.43. The third kappa shape index (κ3) is 1.71. The molecule has 1 aliphatic rings. The zero-order chi connectivity index (χ0) is 11.8. The molecule has 1 saturated heterocycles. The Morgan fingerprint density at radius 2 is 2.47 bits per heavy atom. The van der Waals surface area contributed by atoms with Gasteiger partial charge < -0.3 is 15.6 Å². The summed E-state index contributed by atoms with van der Waals surface area (Å²) in [6.07, 6.45) is 2.99. The molecule has 5 nitrogen and oxygen atoms in total. The first-order valence-corrected chi connectivity index (χ1v) is 6.01. The Morgan fingerprint density at radius 3 is 3.18 bits per heavy atom. The largest absolute Gasteiger partial charge is 0.332 e. The molecule has 1 atom stereocenters. The van der Waals surface area contributed by atoms with Gasteiger partial charge in [0.05, 0.1) is 28.7 Å². The number of pyridine rings is 1. The van der Waals surface area contributed by atoms with E-state index in [1.54, 1.807) is 0 Å². The number of aryl methyl sites for hydroxylation is 1. The fourth-order valence-electron chi connectivity index (χ4n) is 2.54. The molecule has 17 heavy (non-hydrogen) atoms. The van der Waals surface area contributed by atoms with Crippen molar-refractivity contribution < 1.29 is 0 Å². The molecule has 0 aromatic carbocycles. The van der Waals surface area contributed by atoms with Gasteiger partial charge >= 0.3 is 0 Å². The number of nitrogens with one attached hydrogen (secondary N) is 1. The first kappa shape index (κ1) is 10.7. The second-order valence-electron chi connectivity index (χ2n) is 4.62. The summed E-state index contributed by atoms with van der Waals surface area (Å²) in [5.41, 5.74) is 9.93. The van der Waals surface area contributed by atoms with Crippen LogP contribution in [0.15, 0.2) is 12.4 Å². The van der Waals surface area contributed by atoms with Crippen molar-refractivity contribution in [2.75, 3.05) is 13.1 Å². The highest BCUT2D eigenvalue weighted by atomic mass is 15.0. The van der Waals surface area contributed by atoms with Gasteiger partial charge in [0, 0.05) is 26.1 Å². The maximum atomic E-state index is 5.70. The number of fused-ring (bicyclic) bond motifs is 1. The van der Waals surface area contributed by atoms with Crippen molar-refractivity contribution >= 4 is 11.0 Å². The van der Waals surface area contributed by atoms with Crippen LogP contribution in [0.5, 0.6) is 0 Å². The predicted octanol–water partition coefficient (Wildman–Crippen LogP) is 0.504. The molecule has 0 amide bonds. The van der Waals surface area contributed by atoms with Gasteiger partial charge in [-0.05, 0) is 19.0 Å². The maximum absolute atomic E-state index is 5.70. The number of nitrogens with zero attached hydrogens (tertiary/aromatic N) is 3. The molecular weight excluding hydrogens is 214 g/mol. The van der Waals surface area contributed by atoms with E-state index in [4.69, 9.17) is 10.7 Å². The summed E-state index contributed by atoms with van der Waals surface area (Å²) < 4.78 is 2.05. The standard InChI is InChI=1S/C12H17N5/c1-17-7-15-10-4-9(5-13)16-11(12(10)17)8-2-3-14-6-8/h4,7-8,14H,2-3,5-6,13H2,1H3. The van der Waals surface area contributed by atoms with Gasteiger partial charge in [0.1, 0.15) is 0 Å². The summed E-state index contributed by atoms with van der Waals surface area (Å²) in [6, 6.07) is 1.99. The number of imidazole rings is 1. The molecule has 90 valence electrons. The third-order valence-electron chi connectivity index (χ3n) is 3.43. The molecule has 1 unspecified atom stereocenters. The fourth-order valence-corrected chi connectivity index (χ4v) is 2.54. The Morgan fingerprint density at radius 1 is 1.59 bits per heavy atom. The van der Waals surface area contributed by atoms with E-state index in [0.717, 1.165) is 41.9 Å². The number of hydrogen-bond acceptors (Lipinski definition) is 4. The summed E-state index contributed by atoms with van der Waals surface area (Å²) in [5, 5.41) is 3.38. The number of nitrogens with two attached hydrogens (primary N) is 1. The van der Waals surface area contributed by atoms with Crippen molar-refractivity contribution in [1.82, 2.24) is 19.9 Å².